The Kier molecular flexibility index (Phi) is 15.6. The van der Waals surface area contributed by atoms with E-state index >= 15 is 0 Å². The Morgan fingerprint density at radius 1 is 0.745 bits per heavy atom. The van der Waals surface area contributed by atoms with Crippen LogP contribution in [0.1, 0.15) is 58.1 Å². The number of nitrogens with zero attached hydrogens (tertiary/aromatic N) is 1. The summed E-state index contributed by atoms with van der Waals surface area (Å²) >= 11 is 0. The zero-order valence-electron chi connectivity index (χ0n) is 29.7. The van der Waals surface area contributed by atoms with E-state index in [1.54, 1.807) is 62.4 Å². The van der Waals surface area contributed by atoms with Gasteiger partial charge in [0.15, 0.2) is 0 Å². The monoisotopic (exact) mass is 708 g/mol. The molecule has 1 aliphatic heterocycles. The number of aliphatic hydroxyl groups is 1. The van der Waals surface area contributed by atoms with Crippen molar-refractivity contribution < 1.29 is 39.0 Å². The Hall–Kier alpha value is -4.82. The van der Waals surface area contributed by atoms with Crippen LogP contribution >= 0.6 is 0 Å². The molecule has 0 spiro atoms. The number of hydrogen-bond donors (Lipinski definition) is 7. The molecule has 0 unspecified atom stereocenters. The molecule has 0 aromatic heterocycles. The molecule has 14 heteroatoms. The van der Waals surface area contributed by atoms with Crippen molar-refractivity contribution in [1.82, 2.24) is 26.2 Å². The van der Waals surface area contributed by atoms with Gasteiger partial charge in [0.05, 0.1) is 6.61 Å². The summed E-state index contributed by atoms with van der Waals surface area (Å²) in [5, 5.41) is 29.9. The number of nitrogens with one attached hydrogen (secondary N) is 4. The number of rotatable bonds is 18. The maximum atomic E-state index is 14.0. The smallest absolute Gasteiger partial charge is 0.326 e. The van der Waals surface area contributed by atoms with Crippen molar-refractivity contribution in [3.63, 3.8) is 0 Å². The highest BCUT2D eigenvalue weighted by Gasteiger charge is 2.39. The number of amides is 5. The van der Waals surface area contributed by atoms with Crippen molar-refractivity contribution in [2.75, 3.05) is 13.2 Å². The average molecular weight is 709 g/mol. The summed E-state index contributed by atoms with van der Waals surface area (Å²) in [6, 6.07) is 11.3. The van der Waals surface area contributed by atoms with Crippen LogP contribution in [0.25, 0.3) is 0 Å². The Bertz CT molecular complexity index is 1490. The highest BCUT2D eigenvalue weighted by Crippen LogP contribution is 2.20. The van der Waals surface area contributed by atoms with Gasteiger partial charge in [-0.2, -0.15) is 0 Å². The molecule has 2 aromatic rings. The van der Waals surface area contributed by atoms with Gasteiger partial charge in [0, 0.05) is 19.4 Å². The topological polar surface area (TPSA) is 220 Å². The lowest BCUT2D eigenvalue weighted by Crippen LogP contribution is -2.61. The van der Waals surface area contributed by atoms with E-state index in [2.05, 4.69) is 21.3 Å². The number of carbonyl (C=O) groups excluding carboxylic acids is 5. The van der Waals surface area contributed by atoms with Gasteiger partial charge in [0.2, 0.25) is 29.5 Å². The van der Waals surface area contributed by atoms with Crippen LogP contribution in [0.15, 0.2) is 60.7 Å². The number of carboxylic acids is 1. The number of aliphatic hydroxyl groups excluding tert-OH is 1. The largest absolute Gasteiger partial charge is 0.480 e. The van der Waals surface area contributed by atoms with Gasteiger partial charge in [-0.25, -0.2) is 4.79 Å². The van der Waals surface area contributed by atoms with Crippen LogP contribution in [-0.4, -0.2) is 100 Å². The normalized spacial score (nSPS) is 17.2. The molecule has 6 atom stereocenters. The second-order valence-electron chi connectivity index (χ2n) is 13.7. The molecule has 3 rings (SSSR count). The SMILES string of the molecule is CC(C)C[C@H](NC(=O)[C@@H](N)CO)C(=O)N[C@@H](Cc1ccccc1)C(=O)N[C@H](C(=O)N[C@@H](Cc1ccccc1)C(=O)N1CCC[C@H]1C(=O)O)C(C)C. The van der Waals surface area contributed by atoms with Gasteiger partial charge in [-0.3, -0.25) is 24.0 Å². The minimum absolute atomic E-state index is 0.0281. The molecule has 0 aliphatic carbocycles. The predicted octanol–water partition coefficient (Wildman–Crippen LogP) is 0.508. The van der Waals surface area contributed by atoms with Gasteiger partial charge in [0.1, 0.15) is 36.3 Å². The third-order valence-corrected chi connectivity index (χ3v) is 8.75. The molecule has 1 saturated heterocycles. The Morgan fingerprint density at radius 3 is 1.76 bits per heavy atom. The number of carbonyl (C=O) groups is 6. The quantitative estimate of drug-likeness (QED) is 0.115. The number of hydrogen-bond acceptors (Lipinski definition) is 8. The first-order valence-electron chi connectivity index (χ1n) is 17.4. The van der Waals surface area contributed by atoms with Crippen molar-refractivity contribution in [3.8, 4) is 0 Å². The molecule has 1 fully saturated rings. The Balaban J connectivity index is 1.86. The van der Waals surface area contributed by atoms with Crippen molar-refractivity contribution in [2.45, 2.75) is 96.1 Å². The van der Waals surface area contributed by atoms with Crippen LogP contribution in [-0.2, 0) is 41.6 Å². The summed E-state index contributed by atoms with van der Waals surface area (Å²) in [4.78, 5) is 81.0. The van der Waals surface area contributed by atoms with E-state index in [9.17, 15) is 39.0 Å². The maximum absolute atomic E-state index is 14.0. The van der Waals surface area contributed by atoms with Crippen molar-refractivity contribution in [2.24, 2.45) is 17.6 Å². The van der Waals surface area contributed by atoms with Gasteiger partial charge in [0.25, 0.3) is 0 Å². The van der Waals surface area contributed by atoms with Crippen molar-refractivity contribution in [1.29, 1.82) is 0 Å². The lowest BCUT2D eigenvalue weighted by molar-refractivity contribution is -0.149. The van der Waals surface area contributed by atoms with Gasteiger partial charge >= 0.3 is 5.97 Å². The summed E-state index contributed by atoms with van der Waals surface area (Å²) in [5.74, 6) is -4.81. The molecule has 0 radical (unpaired) electrons. The number of carboxylic acid groups (broad SMARTS) is 1. The first kappa shape index (κ1) is 40.6. The standard InChI is InChI=1S/C37H52N6O8/c1-22(2)18-27(39-32(45)26(38)21-44)33(46)40-28(19-24-12-7-5-8-13-24)34(47)42-31(23(3)4)35(48)41-29(20-25-14-9-6-10-15-25)36(49)43-17-11-16-30(43)37(50)51/h5-10,12-15,22-23,26-31,44H,11,16-21,38H2,1-4H3,(H,39,45)(H,40,46)(H,41,48)(H,42,47)(H,50,51)/t26-,27-,28-,29-,30-,31-/m0/s1. The molecule has 5 amide bonds. The number of benzene rings is 2. The predicted molar refractivity (Wildman–Crippen MR) is 190 cm³/mol. The van der Waals surface area contributed by atoms with Crippen molar-refractivity contribution >= 4 is 35.5 Å². The molecule has 1 heterocycles. The van der Waals surface area contributed by atoms with Gasteiger partial charge in [-0.1, -0.05) is 88.4 Å². The molecule has 8 N–H and O–H groups in total. The van der Waals surface area contributed by atoms with Crippen LogP contribution in [0.3, 0.4) is 0 Å². The first-order valence-corrected chi connectivity index (χ1v) is 17.4. The van der Waals surface area contributed by atoms with E-state index in [0.29, 0.717) is 12.8 Å². The second-order valence-corrected chi connectivity index (χ2v) is 13.7. The first-order chi connectivity index (χ1) is 24.2. The van der Waals surface area contributed by atoms with Gasteiger partial charge < -0.3 is 42.1 Å². The third-order valence-electron chi connectivity index (χ3n) is 8.75. The summed E-state index contributed by atoms with van der Waals surface area (Å²) in [6.45, 7) is 6.80. The van der Waals surface area contributed by atoms with Gasteiger partial charge in [-0.15, -0.1) is 0 Å². The van der Waals surface area contributed by atoms with E-state index in [-0.39, 0.29) is 31.7 Å². The van der Waals surface area contributed by atoms with Crippen LogP contribution in [0, 0.1) is 11.8 Å². The Morgan fingerprint density at radius 2 is 1.25 bits per heavy atom. The molecule has 0 bridgehead atoms. The highest BCUT2D eigenvalue weighted by atomic mass is 16.4. The van der Waals surface area contributed by atoms with Crippen LogP contribution in [0.5, 0.6) is 0 Å². The highest BCUT2D eigenvalue weighted by molar-refractivity contribution is 5.96. The molecule has 2 aromatic carbocycles. The van der Waals surface area contributed by atoms with Crippen LogP contribution in [0.2, 0.25) is 0 Å². The van der Waals surface area contributed by atoms with E-state index in [0.717, 1.165) is 11.1 Å². The molecule has 14 nitrogen and oxygen atoms in total. The van der Waals surface area contributed by atoms with E-state index in [1.807, 2.05) is 26.0 Å². The molecule has 0 saturated carbocycles. The fourth-order valence-electron chi connectivity index (χ4n) is 5.98. The van der Waals surface area contributed by atoms with Crippen LogP contribution < -0.4 is 27.0 Å². The fourth-order valence-corrected chi connectivity index (χ4v) is 5.98. The van der Waals surface area contributed by atoms with E-state index in [1.165, 1.54) is 4.90 Å². The number of aliphatic carboxylic acids is 1. The number of likely N-dealkylation sites (tertiary alicyclic amines) is 1. The molecular weight excluding hydrogens is 656 g/mol. The average Bonchev–Trinajstić information content (AvgIpc) is 3.60. The maximum Gasteiger partial charge on any atom is 0.326 e. The minimum Gasteiger partial charge on any atom is -0.480 e. The van der Waals surface area contributed by atoms with Crippen molar-refractivity contribution in [3.05, 3.63) is 71.8 Å². The summed E-state index contributed by atoms with van der Waals surface area (Å²) in [7, 11) is 0. The lowest BCUT2D eigenvalue weighted by atomic mass is 9.98. The molecule has 51 heavy (non-hydrogen) atoms. The van der Waals surface area contributed by atoms with Gasteiger partial charge in [-0.05, 0) is 42.2 Å². The summed E-state index contributed by atoms with van der Waals surface area (Å²) < 4.78 is 0. The summed E-state index contributed by atoms with van der Waals surface area (Å²) in [5.41, 5.74) is 7.14. The molecular formula is C37H52N6O8. The summed E-state index contributed by atoms with van der Waals surface area (Å²) in [6.07, 6.45) is 1.21. The molecule has 278 valence electrons. The third kappa shape index (κ3) is 12.2. The van der Waals surface area contributed by atoms with Crippen LogP contribution in [0.4, 0.5) is 0 Å². The van der Waals surface area contributed by atoms with E-state index in [4.69, 9.17) is 5.73 Å². The van der Waals surface area contributed by atoms with E-state index < -0.39 is 84.3 Å². The number of nitrogens with two attached hydrogens (primary N) is 1. The second kappa shape index (κ2) is 19.5. The minimum atomic E-state index is -1.24. The zero-order valence-corrected chi connectivity index (χ0v) is 29.7. The molecule has 1 aliphatic rings. The zero-order chi connectivity index (χ0) is 37.7. The fraction of sp³-hybridized carbons (Fsp3) is 0.514. The lowest BCUT2D eigenvalue weighted by Gasteiger charge is -2.30. The Labute approximate surface area is 298 Å².